The number of carbonyl (C=O) groups excluding carboxylic acids is 1. The van der Waals surface area contributed by atoms with Gasteiger partial charge in [0.2, 0.25) is 0 Å². The van der Waals surface area contributed by atoms with Crippen LogP contribution < -0.4 is 0 Å². The van der Waals surface area contributed by atoms with Gasteiger partial charge in [0, 0.05) is 32.6 Å². The summed E-state index contributed by atoms with van der Waals surface area (Å²) in [5.74, 6) is -0.182. The van der Waals surface area contributed by atoms with Gasteiger partial charge in [-0.05, 0) is 23.3 Å². The lowest BCUT2D eigenvalue weighted by Crippen LogP contribution is -2.35. The van der Waals surface area contributed by atoms with E-state index in [0.717, 1.165) is 18.7 Å². The lowest BCUT2D eigenvalue weighted by Gasteiger charge is -2.23. The molecule has 0 aliphatic carbocycles. The summed E-state index contributed by atoms with van der Waals surface area (Å²) < 4.78 is 0. The van der Waals surface area contributed by atoms with E-state index in [2.05, 4.69) is 17.0 Å². The van der Waals surface area contributed by atoms with Crippen LogP contribution in [0.15, 0.2) is 48.5 Å². The lowest BCUT2D eigenvalue weighted by atomic mass is 9.88. The molecule has 1 aliphatic heterocycles. The lowest BCUT2D eigenvalue weighted by molar-refractivity contribution is -0.173. The van der Waals surface area contributed by atoms with Gasteiger partial charge >= 0.3 is 0 Å². The van der Waals surface area contributed by atoms with Crippen molar-refractivity contribution in [3.63, 3.8) is 0 Å². The highest BCUT2D eigenvalue weighted by molar-refractivity contribution is 6.42. The molecule has 1 amide bonds. The second kappa shape index (κ2) is 8.40. The fraction of sp³-hybridized carbons (Fsp3) is 0.350. The summed E-state index contributed by atoms with van der Waals surface area (Å²) in [5, 5.41) is 2.34. The van der Waals surface area contributed by atoms with Crippen molar-refractivity contribution in [1.82, 2.24) is 9.96 Å². The number of rotatable bonds is 5. The first kappa shape index (κ1) is 19.2. The van der Waals surface area contributed by atoms with Gasteiger partial charge in [0.15, 0.2) is 0 Å². The summed E-state index contributed by atoms with van der Waals surface area (Å²) in [7, 11) is 3.15. The van der Waals surface area contributed by atoms with Crippen molar-refractivity contribution in [3.05, 3.63) is 69.7 Å². The molecule has 2 aromatic rings. The summed E-state index contributed by atoms with van der Waals surface area (Å²) in [6, 6.07) is 15.9. The van der Waals surface area contributed by atoms with Gasteiger partial charge in [-0.15, -0.1) is 0 Å². The SMILES string of the molecule is CON(C)C(=O)C1CN(Cc2ccccc2)CC1c1ccc(Cl)c(Cl)c1. The number of hydrogen-bond donors (Lipinski definition) is 0. The van der Waals surface area contributed by atoms with E-state index in [9.17, 15) is 4.79 Å². The van der Waals surface area contributed by atoms with E-state index in [-0.39, 0.29) is 17.7 Å². The molecule has 0 aromatic heterocycles. The van der Waals surface area contributed by atoms with Crippen LogP contribution in [0.4, 0.5) is 0 Å². The van der Waals surface area contributed by atoms with Crippen molar-refractivity contribution >= 4 is 29.1 Å². The first-order valence-corrected chi connectivity index (χ1v) is 9.28. The maximum atomic E-state index is 12.8. The Balaban J connectivity index is 1.85. The van der Waals surface area contributed by atoms with Crippen LogP contribution in [0.2, 0.25) is 10.0 Å². The second-order valence-electron chi connectivity index (χ2n) is 6.58. The summed E-state index contributed by atoms with van der Waals surface area (Å²) in [5.41, 5.74) is 2.26. The minimum absolute atomic E-state index is 0.0286. The van der Waals surface area contributed by atoms with Crippen LogP contribution in [0.3, 0.4) is 0 Å². The molecular formula is C20H22Cl2N2O2. The molecule has 0 spiro atoms. The maximum Gasteiger partial charge on any atom is 0.250 e. The first-order valence-electron chi connectivity index (χ1n) is 8.52. The largest absolute Gasteiger partial charge is 0.298 e. The maximum absolute atomic E-state index is 12.8. The Labute approximate surface area is 164 Å². The summed E-state index contributed by atoms with van der Waals surface area (Å²) in [4.78, 5) is 20.2. The molecule has 0 bridgehead atoms. The molecule has 2 atom stereocenters. The number of benzene rings is 2. The predicted octanol–water partition coefficient (Wildman–Crippen LogP) is 4.23. The Hall–Kier alpha value is -1.59. The van der Waals surface area contributed by atoms with E-state index in [0.29, 0.717) is 16.6 Å². The molecule has 1 aliphatic rings. The van der Waals surface area contributed by atoms with Crippen LogP contribution in [0, 0.1) is 5.92 Å². The van der Waals surface area contributed by atoms with Crippen LogP contribution >= 0.6 is 23.2 Å². The van der Waals surface area contributed by atoms with Crippen LogP contribution in [-0.2, 0) is 16.2 Å². The predicted molar refractivity (Wildman–Crippen MR) is 104 cm³/mol. The van der Waals surface area contributed by atoms with E-state index >= 15 is 0 Å². The molecule has 0 N–H and O–H groups in total. The first-order chi connectivity index (χ1) is 12.5. The summed E-state index contributed by atoms with van der Waals surface area (Å²) in [6.07, 6.45) is 0. The molecule has 26 heavy (non-hydrogen) atoms. The molecule has 138 valence electrons. The monoisotopic (exact) mass is 392 g/mol. The zero-order valence-corrected chi connectivity index (χ0v) is 16.4. The van der Waals surface area contributed by atoms with Crippen LogP contribution in [0.25, 0.3) is 0 Å². The number of halogens is 2. The normalized spacial score (nSPS) is 20.3. The smallest absolute Gasteiger partial charge is 0.250 e. The third-order valence-corrected chi connectivity index (χ3v) is 5.66. The van der Waals surface area contributed by atoms with Crippen LogP contribution in [0.1, 0.15) is 17.0 Å². The van der Waals surface area contributed by atoms with Gasteiger partial charge in [-0.25, -0.2) is 5.06 Å². The third kappa shape index (κ3) is 4.21. The minimum Gasteiger partial charge on any atom is -0.298 e. The number of carbonyl (C=O) groups is 1. The van der Waals surface area contributed by atoms with Crippen LogP contribution in [0.5, 0.6) is 0 Å². The van der Waals surface area contributed by atoms with E-state index in [4.69, 9.17) is 28.0 Å². The number of likely N-dealkylation sites (tertiary alicyclic amines) is 1. The molecule has 1 fully saturated rings. The molecule has 6 heteroatoms. The highest BCUT2D eigenvalue weighted by Crippen LogP contribution is 2.37. The van der Waals surface area contributed by atoms with Gasteiger partial charge in [-0.1, -0.05) is 59.6 Å². The zero-order valence-electron chi connectivity index (χ0n) is 14.9. The third-order valence-electron chi connectivity index (χ3n) is 4.92. The average Bonchev–Trinajstić information content (AvgIpc) is 3.07. The zero-order chi connectivity index (χ0) is 18.7. The molecule has 1 heterocycles. The topological polar surface area (TPSA) is 32.8 Å². The fourth-order valence-electron chi connectivity index (χ4n) is 3.51. The molecule has 2 unspecified atom stereocenters. The van der Waals surface area contributed by atoms with Crippen molar-refractivity contribution in [1.29, 1.82) is 0 Å². The summed E-state index contributed by atoms with van der Waals surface area (Å²) >= 11 is 12.3. The molecular weight excluding hydrogens is 371 g/mol. The van der Waals surface area contributed by atoms with E-state index in [1.807, 2.05) is 30.3 Å². The Morgan fingerprint density at radius 3 is 2.54 bits per heavy atom. The Morgan fingerprint density at radius 2 is 1.88 bits per heavy atom. The molecule has 2 aromatic carbocycles. The molecule has 1 saturated heterocycles. The van der Waals surface area contributed by atoms with Crippen molar-refractivity contribution in [2.24, 2.45) is 5.92 Å². The van der Waals surface area contributed by atoms with Gasteiger partial charge in [-0.2, -0.15) is 0 Å². The second-order valence-corrected chi connectivity index (χ2v) is 7.40. The molecule has 4 nitrogen and oxygen atoms in total. The van der Waals surface area contributed by atoms with Crippen molar-refractivity contribution in [2.45, 2.75) is 12.5 Å². The summed E-state index contributed by atoms with van der Waals surface area (Å²) in [6.45, 7) is 2.26. The van der Waals surface area contributed by atoms with Crippen molar-refractivity contribution < 1.29 is 9.63 Å². The van der Waals surface area contributed by atoms with Crippen molar-refractivity contribution in [2.75, 3.05) is 27.2 Å². The standard InChI is InChI=1S/C20H22Cl2N2O2/c1-23(26-2)20(25)17-13-24(11-14-6-4-3-5-7-14)12-16(17)15-8-9-18(21)19(22)10-15/h3-10,16-17H,11-13H2,1-2H3. The molecule has 0 radical (unpaired) electrons. The van der Waals surface area contributed by atoms with Gasteiger partial charge in [-0.3, -0.25) is 14.5 Å². The fourth-order valence-corrected chi connectivity index (χ4v) is 3.82. The van der Waals surface area contributed by atoms with Gasteiger partial charge in [0.05, 0.1) is 23.1 Å². The van der Waals surface area contributed by atoms with Gasteiger partial charge in [0.1, 0.15) is 0 Å². The molecule has 3 rings (SSSR count). The Morgan fingerprint density at radius 1 is 1.15 bits per heavy atom. The van der Waals surface area contributed by atoms with Crippen LogP contribution in [-0.4, -0.2) is 43.1 Å². The minimum atomic E-state index is -0.194. The van der Waals surface area contributed by atoms with Gasteiger partial charge in [0.25, 0.3) is 5.91 Å². The number of hydrogen-bond acceptors (Lipinski definition) is 3. The quantitative estimate of drug-likeness (QED) is 0.713. The van der Waals surface area contributed by atoms with E-state index in [1.165, 1.54) is 17.7 Å². The number of nitrogens with zero attached hydrogens (tertiary/aromatic N) is 2. The number of amides is 1. The highest BCUT2D eigenvalue weighted by atomic mass is 35.5. The number of hydroxylamine groups is 2. The van der Waals surface area contributed by atoms with Crippen molar-refractivity contribution in [3.8, 4) is 0 Å². The van der Waals surface area contributed by atoms with Gasteiger partial charge < -0.3 is 0 Å². The Kier molecular flexibility index (Phi) is 6.20. The Bertz CT molecular complexity index is 770. The van der Waals surface area contributed by atoms with E-state index in [1.54, 1.807) is 13.1 Å². The molecule has 0 saturated carbocycles. The average molecular weight is 393 g/mol. The van der Waals surface area contributed by atoms with E-state index < -0.39 is 0 Å². The highest BCUT2D eigenvalue weighted by Gasteiger charge is 2.40.